The van der Waals surface area contributed by atoms with Crippen molar-refractivity contribution in [2.45, 2.75) is 26.2 Å². The number of piperidine rings is 1. The minimum absolute atomic E-state index is 0.0866. The van der Waals surface area contributed by atoms with E-state index in [9.17, 15) is 4.79 Å². The van der Waals surface area contributed by atoms with E-state index < -0.39 is 0 Å². The number of rotatable bonds is 10. The summed E-state index contributed by atoms with van der Waals surface area (Å²) in [5.41, 5.74) is 1.72. The molecular weight excluding hydrogens is 348 g/mol. The summed E-state index contributed by atoms with van der Waals surface area (Å²) in [6.07, 6.45) is 5.14. The lowest BCUT2D eigenvalue weighted by Gasteiger charge is -2.34. The van der Waals surface area contributed by atoms with Gasteiger partial charge in [-0.1, -0.05) is 17.7 Å². The molecule has 0 aliphatic carbocycles. The maximum Gasteiger partial charge on any atom is 0.161 e. The smallest absolute Gasteiger partial charge is 0.161 e. The standard InChI is InChI=1S/C21H31ClN2O2/c1-4-10-23(3)11-5-14-26-16-18-8-12-24(13-9-18)21-15-19(22)6-7-20(21)17(2)25/h4,6-7,15,18H,1,5,8-14,16H2,2-3H3. The van der Waals surface area contributed by atoms with Gasteiger partial charge in [-0.3, -0.25) is 4.79 Å². The molecule has 1 aliphatic heterocycles. The van der Waals surface area contributed by atoms with Crippen molar-refractivity contribution in [3.05, 3.63) is 41.4 Å². The van der Waals surface area contributed by atoms with Gasteiger partial charge in [-0.25, -0.2) is 0 Å². The summed E-state index contributed by atoms with van der Waals surface area (Å²) in [6, 6.07) is 5.53. The first kappa shape index (κ1) is 20.9. The largest absolute Gasteiger partial charge is 0.381 e. The Kier molecular flexibility index (Phi) is 8.63. The molecule has 1 fully saturated rings. The Morgan fingerprint density at radius 2 is 2.15 bits per heavy atom. The third-order valence-corrected chi connectivity index (χ3v) is 5.15. The average molecular weight is 379 g/mol. The van der Waals surface area contributed by atoms with Crippen LogP contribution in [0.5, 0.6) is 0 Å². The van der Waals surface area contributed by atoms with Crippen LogP contribution in [0.15, 0.2) is 30.9 Å². The van der Waals surface area contributed by atoms with Crippen LogP contribution in [0.3, 0.4) is 0 Å². The highest BCUT2D eigenvalue weighted by Gasteiger charge is 2.22. The molecule has 1 aromatic carbocycles. The Morgan fingerprint density at radius 3 is 2.81 bits per heavy atom. The molecule has 0 atom stereocenters. The molecular formula is C21H31ClN2O2. The summed E-state index contributed by atoms with van der Waals surface area (Å²) in [5, 5.41) is 0.678. The molecule has 0 unspecified atom stereocenters. The Labute approximate surface area is 162 Å². The van der Waals surface area contributed by atoms with Crippen LogP contribution >= 0.6 is 11.6 Å². The molecule has 0 spiro atoms. The molecule has 1 aliphatic rings. The predicted molar refractivity (Wildman–Crippen MR) is 110 cm³/mol. The lowest BCUT2D eigenvalue weighted by atomic mass is 9.96. The number of halogens is 1. The van der Waals surface area contributed by atoms with Crippen LogP contribution in [-0.4, -0.2) is 57.1 Å². The van der Waals surface area contributed by atoms with Gasteiger partial charge in [0.15, 0.2) is 5.78 Å². The molecule has 4 nitrogen and oxygen atoms in total. The van der Waals surface area contributed by atoms with Crippen LogP contribution in [0, 0.1) is 5.92 Å². The first-order chi connectivity index (χ1) is 12.5. The molecule has 0 bridgehead atoms. The molecule has 1 saturated heterocycles. The van der Waals surface area contributed by atoms with Gasteiger partial charge >= 0.3 is 0 Å². The lowest BCUT2D eigenvalue weighted by Crippen LogP contribution is -2.36. The number of carbonyl (C=O) groups is 1. The summed E-state index contributed by atoms with van der Waals surface area (Å²) in [5.74, 6) is 0.681. The van der Waals surface area contributed by atoms with E-state index in [-0.39, 0.29) is 5.78 Å². The molecule has 0 amide bonds. The first-order valence-corrected chi connectivity index (χ1v) is 9.81. The normalized spacial score (nSPS) is 15.5. The molecule has 2 rings (SSSR count). The van der Waals surface area contributed by atoms with Crippen molar-refractivity contribution in [3.8, 4) is 0 Å². The molecule has 1 aromatic rings. The van der Waals surface area contributed by atoms with Gasteiger partial charge in [0.05, 0.1) is 0 Å². The van der Waals surface area contributed by atoms with E-state index in [1.54, 1.807) is 13.0 Å². The van der Waals surface area contributed by atoms with Crippen LogP contribution in [0.1, 0.15) is 36.5 Å². The number of anilines is 1. The predicted octanol–water partition coefficient (Wildman–Crippen LogP) is 4.28. The van der Waals surface area contributed by atoms with Gasteiger partial charge in [0.1, 0.15) is 0 Å². The zero-order chi connectivity index (χ0) is 18.9. The minimum Gasteiger partial charge on any atom is -0.381 e. The first-order valence-electron chi connectivity index (χ1n) is 9.44. The van der Waals surface area contributed by atoms with E-state index in [4.69, 9.17) is 16.3 Å². The molecule has 0 aromatic heterocycles. The third kappa shape index (κ3) is 6.42. The third-order valence-electron chi connectivity index (χ3n) is 4.92. The zero-order valence-corrected chi connectivity index (χ0v) is 16.8. The Balaban J connectivity index is 1.73. The van der Waals surface area contributed by atoms with Crippen molar-refractivity contribution >= 4 is 23.1 Å². The van der Waals surface area contributed by atoms with Crippen LogP contribution in [-0.2, 0) is 4.74 Å². The quantitative estimate of drug-likeness (QED) is 0.345. The number of hydrogen-bond donors (Lipinski definition) is 0. The number of nitrogens with zero attached hydrogens (tertiary/aromatic N) is 2. The monoisotopic (exact) mass is 378 g/mol. The number of carbonyl (C=O) groups excluding carboxylic acids is 1. The molecule has 0 N–H and O–H groups in total. The van der Waals surface area contributed by atoms with Crippen molar-refractivity contribution in [3.63, 3.8) is 0 Å². The number of likely N-dealkylation sites (N-methyl/N-ethyl adjacent to an activating group) is 1. The average Bonchev–Trinajstić information content (AvgIpc) is 2.62. The van der Waals surface area contributed by atoms with Gasteiger partial charge < -0.3 is 14.5 Å². The van der Waals surface area contributed by atoms with Crippen molar-refractivity contribution in [2.24, 2.45) is 5.92 Å². The van der Waals surface area contributed by atoms with Crippen LogP contribution in [0.4, 0.5) is 5.69 Å². The summed E-state index contributed by atoms with van der Waals surface area (Å²) >= 11 is 6.14. The zero-order valence-electron chi connectivity index (χ0n) is 16.0. The highest BCUT2D eigenvalue weighted by atomic mass is 35.5. The highest BCUT2D eigenvalue weighted by molar-refractivity contribution is 6.31. The van der Waals surface area contributed by atoms with E-state index >= 15 is 0 Å². The van der Waals surface area contributed by atoms with E-state index in [1.165, 1.54) is 0 Å². The number of ketones is 1. The maximum absolute atomic E-state index is 11.9. The summed E-state index contributed by atoms with van der Waals surface area (Å²) < 4.78 is 5.88. The van der Waals surface area contributed by atoms with Crippen molar-refractivity contribution in [2.75, 3.05) is 51.3 Å². The fourth-order valence-electron chi connectivity index (χ4n) is 3.40. The lowest BCUT2D eigenvalue weighted by molar-refractivity contribution is 0.0843. The van der Waals surface area contributed by atoms with Crippen molar-refractivity contribution < 1.29 is 9.53 Å². The molecule has 0 radical (unpaired) electrons. The fraction of sp³-hybridized carbons (Fsp3) is 0.571. The Morgan fingerprint density at radius 1 is 1.42 bits per heavy atom. The Hall–Kier alpha value is -1.36. The van der Waals surface area contributed by atoms with Crippen LogP contribution in [0.25, 0.3) is 0 Å². The summed E-state index contributed by atoms with van der Waals surface area (Å²) in [6.45, 7) is 10.8. The van der Waals surface area contributed by atoms with Gasteiger partial charge in [0, 0.05) is 55.7 Å². The molecule has 5 heteroatoms. The maximum atomic E-state index is 11.9. The molecule has 26 heavy (non-hydrogen) atoms. The second-order valence-corrected chi connectivity index (χ2v) is 7.56. The van der Waals surface area contributed by atoms with E-state index in [1.807, 2.05) is 18.2 Å². The summed E-state index contributed by atoms with van der Waals surface area (Å²) in [4.78, 5) is 16.4. The number of Topliss-reactive ketones (excluding diaryl/α,β-unsaturated/α-hetero) is 1. The van der Waals surface area contributed by atoms with Gasteiger partial charge in [0.2, 0.25) is 0 Å². The second-order valence-electron chi connectivity index (χ2n) is 7.13. The van der Waals surface area contributed by atoms with Crippen LogP contribution in [0.2, 0.25) is 5.02 Å². The van der Waals surface area contributed by atoms with Crippen LogP contribution < -0.4 is 4.90 Å². The number of hydrogen-bond acceptors (Lipinski definition) is 4. The second kappa shape index (κ2) is 10.7. The van der Waals surface area contributed by atoms with Gasteiger partial charge in [-0.15, -0.1) is 6.58 Å². The van der Waals surface area contributed by atoms with E-state index in [0.717, 1.165) is 69.9 Å². The van der Waals surface area contributed by atoms with Gasteiger partial charge in [-0.2, -0.15) is 0 Å². The molecule has 1 heterocycles. The van der Waals surface area contributed by atoms with E-state index in [0.29, 0.717) is 10.9 Å². The number of ether oxygens (including phenoxy) is 1. The van der Waals surface area contributed by atoms with Crippen molar-refractivity contribution in [1.29, 1.82) is 0 Å². The molecule has 144 valence electrons. The minimum atomic E-state index is 0.0866. The van der Waals surface area contributed by atoms with Gasteiger partial charge in [-0.05, 0) is 57.4 Å². The number of benzene rings is 1. The van der Waals surface area contributed by atoms with Crippen molar-refractivity contribution in [1.82, 2.24) is 4.90 Å². The van der Waals surface area contributed by atoms with E-state index in [2.05, 4.69) is 23.4 Å². The fourth-order valence-corrected chi connectivity index (χ4v) is 3.57. The topological polar surface area (TPSA) is 32.8 Å². The van der Waals surface area contributed by atoms with Gasteiger partial charge in [0.25, 0.3) is 0 Å². The summed E-state index contributed by atoms with van der Waals surface area (Å²) in [7, 11) is 2.10. The highest BCUT2D eigenvalue weighted by Crippen LogP contribution is 2.29. The Bertz CT molecular complexity index is 598. The SMILES string of the molecule is C=CCN(C)CCCOCC1CCN(c2cc(Cl)ccc2C(C)=O)CC1. The molecule has 0 saturated carbocycles.